The molecule has 8 radical (unpaired) electrons. The van der Waals surface area contributed by atoms with Crippen LogP contribution in [0.3, 0.4) is 0 Å². The van der Waals surface area contributed by atoms with Gasteiger partial charge in [-0.15, -0.1) is 0 Å². The smallest absolute Gasteiger partial charge is 0.247 e. The first-order valence-electron chi connectivity index (χ1n) is 11.3. The minimum absolute atomic E-state index is 0. The molecule has 2 atom stereocenters. The molecule has 0 amide bonds. The summed E-state index contributed by atoms with van der Waals surface area (Å²) in [5, 5.41) is 20.7. The van der Waals surface area contributed by atoms with Crippen molar-refractivity contribution >= 4 is 35.8 Å². The first-order chi connectivity index (χ1) is 13.3. The Balaban J connectivity index is -0.0000000950. The van der Waals surface area contributed by atoms with E-state index in [2.05, 4.69) is 41.5 Å². The molecule has 0 aromatic heterocycles. The van der Waals surface area contributed by atoms with Crippen LogP contribution < -0.4 is 0 Å². The van der Waals surface area contributed by atoms with E-state index in [-0.39, 0.29) is 35.7 Å². The number of carbonyl (C=O) groups excluding carboxylic acids is 2. The Morgan fingerprint density at radius 1 is 0.621 bits per heavy atom. The predicted octanol–water partition coefficient (Wildman–Crippen LogP) is 7.18. The van der Waals surface area contributed by atoms with Crippen molar-refractivity contribution in [1.29, 1.82) is 0 Å². The molecule has 0 rings (SSSR count). The molecule has 0 saturated heterocycles. The fraction of sp³-hybridized carbons (Fsp3) is 0.833. The molecule has 0 bridgehead atoms. The second kappa shape index (κ2) is 35.2. The fourth-order valence-corrected chi connectivity index (χ4v) is 1.88. The van der Waals surface area contributed by atoms with Crippen molar-refractivity contribution in [2.45, 2.75) is 119 Å². The number of hydrogen-bond donors (Lipinski definition) is 0. The van der Waals surface area contributed by atoms with Crippen LogP contribution in [0.25, 0.3) is 0 Å². The largest absolute Gasteiger partial charge is 0.358 e. The molecule has 0 aliphatic heterocycles. The molecular formula is C24H48O4Sn. The van der Waals surface area contributed by atoms with Gasteiger partial charge >= 0.3 is 11.9 Å². The number of hydrogen-bond acceptors (Lipinski definition) is 2. The van der Waals surface area contributed by atoms with Crippen molar-refractivity contribution in [1.82, 2.24) is 0 Å². The SMILES string of the molecule is CCCCC(CC)C([O])=O.CCCCC(CC)C([O])=O.[CH2]CCC.[CH2]CCC.[Sn]. The monoisotopic (exact) mass is 520 g/mol. The predicted molar refractivity (Wildman–Crippen MR) is 124 cm³/mol. The summed E-state index contributed by atoms with van der Waals surface area (Å²) in [6.07, 6.45) is 11.6. The van der Waals surface area contributed by atoms with E-state index in [9.17, 15) is 19.8 Å². The van der Waals surface area contributed by atoms with E-state index < -0.39 is 11.9 Å². The third-order valence-electron chi connectivity index (χ3n) is 4.17. The second-order valence-electron chi connectivity index (χ2n) is 6.84. The molecule has 0 aliphatic rings. The van der Waals surface area contributed by atoms with Crippen LogP contribution in [0.15, 0.2) is 0 Å². The molecule has 0 aromatic rings. The fourth-order valence-electron chi connectivity index (χ4n) is 1.88. The first-order valence-corrected chi connectivity index (χ1v) is 11.3. The van der Waals surface area contributed by atoms with E-state index in [1.807, 2.05) is 13.8 Å². The number of rotatable bonds is 12. The van der Waals surface area contributed by atoms with Gasteiger partial charge in [0, 0.05) is 23.9 Å². The van der Waals surface area contributed by atoms with E-state index >= 15 is 0 Å². The minimum Gasteiger partial charge on any atom is -0.247 e. The van der Waals surface area contributed by atoms with Crippen LogP contribution in [0, 0.1) is 25.7 Å². The van der Waals surface area contributed by atoms with Gasteiger partial charge in [-0.3, -0.25) is 0 Å². The van der Waals surface area contributed by atoms with Gasteiger partial charge in [-0.1, -0.05) is 107 Å². The standard InChI is InChI=1S/2C8H15O2.2C4H9.Sn/c2*1-3-5-6-7(4-2)8(9)10;2*1-3-4-2;/h2*7H,3-6H2,1-2H3;2*1,3-4H2,2H3;. The van der Waals surface area contributed by atoms with Crippen molar-refractivity contribution in [3.8, 4) is 0 Å². The summed E-state index contributed by atoms with van der Waals surface area (Å²) in [6, 6.07) is 0. The molecule has 0 fully saturated rings. The van der Waals surface area contributed by atoms with Gasteiger partial charge in [0.05, 0.1) is 11.8 Å². The third-order valence-corrected chi connectivity index (χ3v) is 4.17. The Kier molecular flexibility index (Phi) is 47.6. The van der Waals surface area contributed by atoms with Crippen LogP contribution >= 0.6 is 0 Å². The van der Waals surface area contributed by atoms with Crippen LogP contribution in [0.5, 0.6) is 0 Å². The summed E-state index contributed by atoms with van der Waals surface area (Å²) in [5.41, 5.74) is 0. The zero-order valence-electron chi connectivity index (χ0n) is 20.2. The van der Waals surface area contributed by atoms with Gasteiger partial charge < -0.3 is 0 Å². The van der Waals surface area contributed by atoms with Gasteiger partial charge in [-0.25, -0.2) is 19.8 Å². The summed E-state index contributed by atoms with van der Waals surface area (Å²) in [7, 11) is 0. The minimum atomic E-state index is -0.893. The second-order valence-corrected chi connectivity index (χ2v) is 6.84. The molecule has 0 heterocycles. The molecular weight excluding hydrogens is 471 g/mol. The van der Waals surface area contributed by atoms with Crippen LogP contribution in [0.4, 0.5) is 0 Å². The van der Waals surface area contributed by atoms with Crippen LogP contribution in [0.2, 0.25) is 0 Å². The van der Waals surface area contributed by atoms with Gasteiger partial charge in [-0.2, -0.15) is 0 Å². The van der Waals surface area contributed by atoms with Crippen molar-refractivity contribution in [2.24, 2.45) is 11.8 Å². The Morgan fingerprint density at radius 3 is 0.966 bits per heavy atom. The van der Waals surface area contributed by atoms with Crippen LogP contribution in [-0.4, -0.2) is 35.8 Å². The van der Waals surface area contributed by atoms with E-state index in [0.29, 0.717) is 12.8 Å². The quantitative estimate of drug-likeness (QED) is 0.256. The van der Waals surface area contributed by atoms with Crippen molar-refractivity contribution < 1.29 is 19.8 Å². The third kappa shape index (κ3) is 38.9. The van der Waals surface area contributed by atoms with E-state index in [1.54, 1.807) is 0 Å². The molecule has 0 spiro atoms. The molecule has 172 valence electrons. The zero-order valence-corrected chi connectivity index (χ0v) is 23.0. The zero-order chi connectivity index (χ0) is 22.8. The molecule has 5 heteroatoms. The Morgan fingerprint density at radius 2 is 0.862 bits per heavy atom. The molecule has 29 heavy (non-hydrogen) atoms. The molecule has 0 aliphatic carbocycles. The van der Waals surface area contributed by atoms with Gasteiger partial charge in [0.15, 0.2) is 0 Å². The Bertz CT molecular complexity index is 275. The topological polar surface area (TPSA) is 73.9 Å². The molecule has 2 unspecified atom stereocenters. The van der Waals surface area contributed by atoms with Crippen molar-refractivity contribution in [3.05, 3.63) is 13.8 Å². The number of unbranched alkanes of at least 4 members (excludes halogenated alkanes) is 4. The van der Waals surface area contributed by atoms with Crippen molar-refractivity contribution in [3.63, 3.8) is 0 Å². The average Bonchev–Trinajstić information content (AvgIpc) is 2.69. The van der Waals surface area contributed by atoms with Gasteiger partial charge in [-0.05, 0) is 25.7 Å². The average molecular weight is 519 g/mol. The first kappa shape index (κ1) is 39.2. The van der Waals surface area contributed by atoms with E-state index in [0.717, 1.165) is 51.4 Å². The maximum Gasteiger partial charge on any atom is 0.358 e. The Hall–Kier alpha value is -0.261. The molecule has 0 aromatic carbocycles. The van der Waals surface area contributed by atoms with Crippen LogP contribution in [0.1, 0.15) is 119 Å². The maximum absolute atomic E-state index is 10.3. The maximum atomic E-state index is 10.3. The molecule has 0 saturated carbocycles. The summed E-state index contributed by atoms with van der Waals surface area (Å²) in [4.78, 5) is 20.7. The van der Waals surface area contributed by atoms with Crippen molar-refractivity contribution in [2.75, 3.05) is 0 Å². The summed E-state index contributed by atoms with van der Waals surface area (Å²) in [6.45, 7) is 19.3. The Labute approximate surface area is 199 Å². The van der Waals surface area contributed by atoms with E-state index in [1.165, 1.54) is 12.8 Å². The summed E-state index contributed by atoms with van der Waals surface area (Å²) in [5.74, 6) is -2.23. The van der Waals surface area contributed by atoms with E-state index in [4.69, 9.17) is 0 Å². The normalized spacial score (nSPS) is 11.0. The van der Waals surface area contributed by atoms with Gasteiger partial charge in [0.1, 0.15) is 0 Å². The summed E-state index contributed by atoms with van der Waals surface area (Å²) < 4.78 is 0. The number of carbonyl (C=O) groups is 2. The molecule has 4 nitrogen and oxygen atoms in total. The molecule has 0 N–H and O–H groups in total. The van der Waals surface area contributed by atoms with Gasteiger partial charge in [0.25, 0.3) is 0 Å². The summed E-state index contributed by atoms with van der Waals surface area (Å²) >= 11 is 0. The van der Waals surface area contributed by atoms with Crippen LogP contribution in [-0.2, 0) is 19.8 Å². The van der Waals surface area contributed by atoms with Gasteiger partial charge in [0.2, 0.25) is 0 Å².